The molecule has 9 heteroatoms. The molecule has 30 heavy (non-hydrogen) atoms. The largest absolute Gasteiger partial charge is 0.493 e. The Bertz CT molecular complexity index is 859. The van der Waals surface area contributed by atoms with E-state index in [0.717, 1.165) is 29.8 Å². The lowest BCUT2D eigenvalue weighted by molar-refractivity contribution is -0.153. The zero-order valence-corrected chi connectivity index (χ0v) is 17.1. The van der Waals surface area contributed by atoms with Crippen LogP contribution in [0.3, 0.4) is 0 Å². The van der Waals surface area contributed by atoms with E-state index in [2.05, 4.69) is 16.3 Å². The van der Waals surface area contributed by atoms with E-state index in [9.17, 15) is 18.0 Å². The number of piperidine rings is 1. The summed E-state index contributed by atoms with van der Waals surface area (Å²) in [6.45, 7) is 1.99. The molecule has 1 aromatic carbocycles. The molecule has 1 fully saturated rings. The highest BCUT2D eigenvalue weighted by Crippen LogP contribution is 2.31. The van der Waals surface area contributed by atoms with E-state index in [4.69, 9.17) is 9.47 Å². The molecule has 1 aliphatic rings. The summed E-state index contributed by atoms with van der Waals surface area (Å²) in [5, 5.41) is 7.28. The number of carbonyl (C=O) groups excluding carboxylic acids is 1. The van der Waals surface area contributed by atoms with Crippen molar-refractivity contribution in [3.05, 3.63) is 41.2 Å². The minimum Gasteiger partial charge on any atom is -0.493 e. The minimum absolute atomic E-state index is 0.0283. The predicted molar refractivity (Wildman–Crippen MR) is 105 cm³/mol. The van der Waals surface area contributed by atoms with E-state index in [1.165, 1.54) is 13.2 Å². The third-order valence-corrected chi connectivity index (χ3v) is 5.24. The van der Waals surface area contributed by atoms with Gasteiger partial charge in [-0.1, -0.05) is 6.07 Å². The van der Waals surface area contributed by atoms with Gasteiger partial charge in [-0.25, -0.2) is 0 Å². The molecular formula is C21H26F3N3O3. The van der Waals surface area contributed by atoms with Gasteiger partial charge in [0.15, 0.2) is 18.1 Å². The highest BCUT2D eigenvalue weighted by atomic mass is 19.4. The van der Waals surface area contributed by atoms with E-state index in [0.29, 0.717) is 31.8 Å². The fraction of sp³-hybridized carbons (Fsp3) is 0.524. The van der Waals surface area contributed by atoms with Crippen LogP contribution in [0.2, 0.25) is 0 Å². The molecule has 0 radical (unpaired) electrons. The zero-order valence-electron chi connectivity index (χ0n) is 17.1. The molecule has 0 atom stereocenters. The maximum atomic E-state index is 12.6. The van der Waals surface area contributed by atoms with E-state index in [-0.39, 0.29) is 17.4 Å². The monoisotopic (exact) mass is 425 g/mol. The number of nitrogens with one attached hydrogen (secondary N) is 1. The number of halogens is 3. The summed E-state index contributed by atoms with van der Waals surface area (Å²) in [6, 6.07) is 6.78. The van der Waals surface area contributed by atoms with Gasteiger partial charge in [0.05, 0.1) is 12.8 Å². The molecule has 0 unspecified atom stereocenters. The smallest absolute Gasteiger partial charge is 0.422 e. The van der Waals surface area contributed by atoms with Gasteiger partial charge in [0.1, 0.15) is 0 Å². The second kappa shape index (κ2) is 9.40. The lowest BCUT2D eigenvalue weighted by Crippen LogP contribution is -2.38. The SMILES string of the molecule is COc1cc(CCC(=O)N2CCC(c3cc(C)[nH]n3)CC2)ccc1OCC(F)(F)F. The number of methoxy groups -OCH3 is 1. The third kappa shape index (κ3) is 5.90. The maximum absolute atomic E-state index is 12.6. The normalized spacial score (nSPS) is 15.3. The molecule has 164 valence electrons. The molecule has 1 aliphatic heterocycles. The molecule has 0 bridgehead atoms. The topological polar surface area (TPSA) is 67.5 Å². The number of aromatic amines is 1. The lowest BCUT2D eigenvalue weighted by atomic mass is 9.93. The Labute approximate surface area is 173 Å². The molecule has 1 saturated heterocycles. The van der Waals surface area contributed by atoms with Crippen LogP contribution in [0, 0.1) is 6.92 Å². The molecule has 0 aliphatic carbocycles. The number of rotatable bonds is 7. The van der Waals surface area contributed by atoms with E-state index in [1.54, 1.807) is 12.1 Å². The van der Waals surface area contributed by atoms with Gasteiger partial charge in [-0.15, -0.1) is 0 Å². The number of likely N-dealkylation sites (tertiary alicyclic amines) is 1. The molecule has 2 heterocycles. The van der Waals surface area contributed by atoms with Gasteiger partial charge in [-0.2, -0.15) is 18.3 Å². The summed E-state index contributed by atoms with van der Waals surface area (Å²) >= 11 is 0. The van der Waals surface area contributed by atoms with Crippen molar-refractivity contribution in [3.63, 3.8) is 0 Å². The predicted octanol–water partition coefficient (Wildman–Crippen LogP) is 4.01. The number of hydrogen-bond acceptors (Lipinski definition) is 4. The molecule has 1 aromatic heterocycles. The Balaban J connectivity index is 1.49. The third-order valence-electron chi connectivity index (χ3n) is 5.24. The summed E-state index contributed by atoms with van der Waals surface area (Å²) < 4.78 is 47.0. The van der Waals surface area contributed by atoms with Crippen molar-refractivity contribution in [2.45, 2.75) is 44.7 Å². The summed E-state index contributed by atoms with van der Waals surface area (Å²) in [6.07, 6.45) is -1.84. The van der Waals surface area contributed by atoms with Gasteiger partial charge in [-0.05, 0) is 49.9 Å². The second-order valence-corrected chi connectivity index (χ2v) is 7.52. The Morgan fingerprint density at radius 3 is 2.57 bits per heavy atom. The Morgan fingerprint density at radius 1 is 1.23 bits per heavy atom. The van der Waals surface area contributed by atoms with Gasteiger partial charge in [0.25, 0.3) is 0 Å². The van der Waals surface area contributed by atoms with E-state index in [1.807, 2.05) is 11.8 Å². The van der Waals surface area contributed by atoms with E-state index >= 15 is 0 Å². The van der Waals surface area contributed by atoms with Crippen molar-refractivity contribution in [2.24, 2.45) is 0 Å². The molecular weight excluding hydrogens is 399 g/mol. The van der Waals surface area contributed by atoms with Gasteiger partial charge < -0.3 is 14.4 Å². The number of hydrogen-bond donors (Lipinski definition) is 1. The van der Waals surface area contributed by atoms with E-state index < -0.39 is 12.8 Å². The molecule has 1 N–H and O–H groups in total. The zero-order chi connectivity index (χ0) is 21.7. The van der Waals surface area contributed by atoms with Crippen LogP contribution in [0.15, 0.2) is 24.3 Å². The van der Waals surface area contributed by atoms with Crippen LogP contribution in [-0.4, -0.2) is 54.0 Å². The Hall–Kier alpha value is -2.71. The van der Waals surface area contributed by atoms with Crippen LogP contribution in [0.5, 0.6) is 11.5 Å². The fourth-order valence-electron chi connectivity index (χ4n) is 3.63. The van der Waals surface area contributed by atoms with Gasteiger partial charge >= 0.3 is 6.18 Å². The second-order valence-electron chi connectivity index (χ2n) is 7.52. The maximum Gasteiger partial charge on any atom is 0.422 e. The number of alkyl halides is 3. The van der Waals surface area contributed by atoms with Crippen molar-refractivity contribution in [3.8, 4) is 11.5 Å². The van der Waals surface area contributed by atoms with Gasteiger partial charge in [-0.3, -0.25) is 9.89 Å². The highest BCUT2D eigenvalue weighted by molar-refractivity contribution is 5.76. The van der Waals surface area contributed by atoms with Crippen LogP contribution in [0.25, 0.3) is 0 Å². The highest BCUT2D eigenvalue weighted by Gasteiger charge is 2.29. The van der Waals surface area contributed by atoms with Crippen molar-refractivity contribution < 1.29 is 27.4 Å². The number of H-pyrrole nitrogens is 1. The van der Waals surface area contributed by atoms with Crippen LogP contribution in [0.1, 0.15) is 42.1 Å². The number of carbonyl (C=O) groups is 1. The number of aryl methyl sites for hydroxylation is 2. The first-order valence-corrected chi connectivity index (χ1v) is 9.91. The molecule has 1 amide bonds. The molecule has 0 spiro atoms. The number of benzene rings is 1. The summed E-state index contributed by atoms with van der Waals surface area (Å²) in [5.41, 5.74) is 2.90. The molecule has 6 nitrogen and oxygen atoms in total. The quantitative estimate of drug-likeness (QED) is 0.728. The van der Waals surface area contributed by atoms with Crippen LogP contribution >= 0.6 is 0 Å². The average Bonchev–Trinajstić information content (AvgIpc) is 3.16. The fourth-order valence-corrected chi connectivity index (χ4v) is 3.63. The molecule has 0 saturated carbocycles. The van der Waals surface area contributed by atoms with Crippen molar-refractivity contribution in [1.82, 2.24) is 15.1 Å². The lowest BCUT2D eigenvalue weighted by Gasteiger charge is -2.31. The Morgan fingerprint density at radius 2 is 1.97 bits per heavy atom. The number of nitrogens with zero attached hydrogens (tertiary/aromatic N) is 2. The number of ether oxygens (including phenoxy) is 2. The first-order valence-electron chi connectivity index (χ1n) is 9.91. The summed E-state index contributed by atoms with van der Waals surface area (Å²) in [7, 11) is 1.37. The standard InChI is InChI=1S/C21H26F3N3O3/c1-14-11-17(26-25-14)16-7-9-27(10-8-16)20(28)6-4-15-3-5-18(19(12-15)29-2)30-13-21(22,23)24/h3,5,11-12,16H,4,6-10,13H2,1-2H3,(H,25,26). The Kier molecular flexibility index (Phi) is 6.89. The first-order chi connectivity index (χ1) is 14.2. The van der Waals surface area contributed by atoms with Crippen molar-refractivity contribution in [2.75, 3.05) is 26.8 Å². The van der Waals surface area contributed by atoms with Crippen LogP contribution in [-0.2, 0) is 11.2 Å². The molecule has 2 aromatic rings. The van der Waals surface area contributed by atoms with Gasteiger partial charge in [0.2, 0.25) is 5.91 Å². The van der Waals surface area contributed by atoms with Crippen molar-refractivity contribution >= 4 is 5.91 Å². The first kappa shape index (κ1) is 22.0. The molecule has 3 rings (SSSR count). The van der Waals surface area contributed by atoms with Gasteiger partial charge in [0, 0.05) is 31.1 Å². The van der Waals surface area contributed by atoms with Crippen LogP contribution in [0.4, 0.5) is 13.2 Å². The number of aromatic nitrogens is 2. The van der Waals surface area contributed by atoms with Crippen LogP contribution < -0.4 is 9.47 Å². The summed E-state index contributed by atoms with van der Waals surface area (Å²) in [4.78, 5) is 14.4. The van der Waals surface area contributed by atoms with Crippen molar-refractivity contribution in [1.29, 1.82) is 0 Å². The average molecular weight is 425 g/mol. The minimum atomic E-state index is -4.42. The number of amides is 1. The summed E-state index contributed by atoms with van der Waals surface area (Å²) in [5.74, 6) is 0.690.